The molecule has 6 aromatic rings. The van der Waals surface area contributed by atoms with Crippen molar-refractivity contribution in [1.82, 2.24) is 14.7 Å². The van der Waals surface area contributed by atoms with Crippen LogP contribution in [-0.4, -0.2) is 32.8 Å². The summed E-state index contributed by atoms with van der Waals surface area (Å²) in [5.41, 5.74) is 2.62. The molecule has 0 saturated heterocycles. The second-order valence-electron chi connectivity index (χ2n) is 10.6. The molecule has 1 heterocycles. The summed E-state index contributed by atoms with van der Waals surface area (Å²) in [6.45, 7) is 2.02. The standard InChI is InChI=1S/C38H31N5O3S3/c1-2-47-38-42-37(49-43-38)41-36(46)33(26-14-5-3-6-15-26)48-30-21-12-20-29(24-30)39-35(45)32(40-34(44)27-16-7-4-8-17-27)23-28-19-11-18-25-13-9-10-22-31(25)28/h3-24,33H,2H2,1H3,(H,39,45)(H,40,44)(H,41,42,43,46)/b32-23+. The van der Waals surface area contributed by atoms with Crippen molar-refractivity contribution in [3.05, 3.63) is 150 Å². The Morgan fingerprint density at radius 2 is 1.53 bits per heavy atom. The van der Waals surface area contributed by atoms with Gasteiger partial charge in [-0.25, -0.2) is 0 Å². The first kappa shape index (κ1) is 33.7. The first-order valence-corrected chi connectivity index (χ1v) is 18.1. The lowest BCUT2D eigenvalue weighted by atomic mass is 10.0. The van der Waals surface area contributed by atoms with E-state index in [0.717, 1.165) is 44.1 Å². The average Bonchev–Trinajstić information content (AvgIpc) is 3.57. The summed E-state index contributed by atoms with van der Waals surface area (Å²) in [5, 5.41) is 11.1. The molecule has 1 unspecified atom stereocenters. The number of anilines is 2. The fraction of sp³-hybridized carbons (Fsp3) is 0.0789. The van der Waals surface area contributed by atoms with Crippen LogP contribution in [0.15, 0.2) is 143 Å². The molecule has 1 aromatic heterocycles. The van der Waals surface area contributed by atoms with Crippen molar-refractivity contribution in [2.24, 2.45) is 0 Å². The van der Waals surface area contributed by atoms with Gasteiger partial charge in [0, 0.05) is 27.7 Å². The van der Waals surface area contributed by atoms with Gasteiger partial charge in [-0.3, -0.25) is 19.7 Å². The summed E-state index contributed by atoms with van der Waals surface area (Å²) in [6.07, 6.45) is 1.69. The number of benzene rings is 5. The van der Waals surface area contributed by atoms with Crippen LogP contribution in [0.1, 0.15) is 33.7 Å². The van der Waals surface area contributed by atoms with Crippen molar-refractivity contribution < 1.29 is 14.4 Å². The van der Waals surface area contributed by atoms with Crippen molar-refractivity contribution in [3.8, 4) is 0 Å². The minimum atomic E-state index is -0.606. The Labute approximate surface area is 296 Å². The maximum absolute atomic E-state index is 13.9. The molecule has 5 aromatic carbocycles. The van der Waals surface area contributed by atoms with Gasteiger partial charge in [-0.2, -0.15) is 9.36 Å². The highest BCUT2D eigenvalue weighted by Gasteiger charge is 2.24. The number of carbonyl (C=O) groups is 3. The fourth-order valence-corrected chi connectivity index (χ4v) is 7.33. The van der Waals surface area contributed by atoms with Crippen LogP contribution in [-0.2, 0) is 9.59 Å². The third-order valence-corrected chi connectivity index (χ3v) is 9.97. The van der Waals surface area contributed by atoms with Crippen molar-refractivity contribution in [2.75, 3.05) is 16.4 Å². The zero-order valence-corrected chi connectivity index (χ0v) is 28.8. The van der Waals surface area contributed by atoms with Crippen LogP contribution in [0.2, 0.25) is 0 Å². The molecular formula is C38H31N5O3S3. The number of aromatic nitrogens is 2. The third-order valence-electron chi connectivity index (χ3n) is 7.25. The monoisotopic (exact) mass is 701 g/mol. The number of carbonyl (C=O) groups excluding carboxylic acids is 3. The molecule has 0 radical (unpaired) electrons. The molecule has 0 aliphatic heterocycles. The highest BCUT2D eigenvalue weighted by Crippen LogP contribution is 2.37. The minimum absolute atomic E-state index is 0.0856. The van der Waals surface area contributed by atoms with E-state index in [0.29, 0.717) is 21.5 Å². The Morgan fingerprint density at radius 3 is 2.33 bits per heavy atom. The molecule has 3 N–H and O–H groups in total. The SMILES string of the molecule is CCSc1nsc(NC(=O)C(Sc2cccc(NC(=O)/C(=C\c3cccc4ccccc34)NC(=O)c3ccccc3)c2)c2ccccc2)n1. The number of hydrogen-bond acceptors (Lipinski definition) is 8. The van der Waals surface area contributed by atoms with Gasteiger partial charge in [-0.05, 0) is 64.1 Å². The van der Waals surface area contributed by atoms with Gasteiger partial charge in [0.05, 0.1) is 0 Å². The normalized spacial score (nSPS) is 11.9. The quantitative estimate of drug-likeness (QED) is 0.0865. The Morgan fingerprint density at radius 1 is 0.816 bits per heavy atom. The summed E-state index contributed by atoms with van der Waals surface area (Å²) in [5.74, 6) is -0.300. The van der Waals surface area contributed by atoms with Gasteiger partial charge in [0.2, 0.25) is 16.2 Å². The molecule has 3 amide bonds. The second-order valence-corrected chi connectivity index (χ2v) is 13.8. The number of fused-ring (bicyclic) bond motifs is 1. The van der Waals surface area contributed by atoms with Crippen molar-refractivity contribution >= 4 is 80.4 Å². The average molecular weight is 702 g/mol. The van der Waals surface area contributed by atoms with E-state index in [2.05, 4.69) is 25.3 Å². The van der Waals surface area contributed by atoms with Crippen LogP contribution in [0.3, 0.4) is 0 Å². The zero-order chi connectivity index (χ0) is 34.0. The van der Waals surface area contributed by atoms with Crippen LogP contribution in [0, 0.1) is 0 Å². The summed E-state index contributed by atoms with van der Waals surface area (Å²) in [6, 6.07) is 39.2. The van der Waals surface area contributed by atoms with Crippen molar-refractivity contribution in [3.63, 3.8) is 0 Å². The first-order valence-electron chi connectivity index (χ1n) is 15.4. The van der Waals surface area contributed by atoms with E-state index in [1.54, 1.807) is 42.5 Å². The molecule has 1 atom stereocenters. The molecular weight excluding hydrogens is 671 g/mol. The van der Waals surface area contributed by atoms with Crippen LogP contribution < -0.4 is 16.0 Å². The first-order chi connectivity index (χ1) is 24.0. The van der Waals surface area contributed by atoms with E-state index in [-0.39, 0.29) is 11.6 Å². The lowest BCUT2D eigenvalue weighted by Gasteiger charge is -2.17. The van der Waals surface area contributed by atoms with E-state index in [1.807, 2.05) is 97.9 Å². The molecule has 6 rings (SSSR count). The number of hydrogen-bond donors (Lipinski definition) is 3. The molecule has 0 fully saturated rings. The number of amides is 3. The van der Waals surface area contributed by atoms with E-state index in [4.69, 9.17) is 0 Å². The Balaban J connectivity index is 1.25. The molecule has 0 spiro atoms. The van der Waals surface area contributed by atoms with Gasteiger partial charge in [0.1, 0.15) is 10.9 Å². The van der Waals surface area contributed by atoms with Gasteiger partial charge < -0.3 is 10.6 Å². The predicted molar refractivity (Wildman–Crippen MR) is 201 cm³/mol. The largest absolute Gasteiger partial charge is 0.321 e. The third kappa shape index (κ3) is 8.82. The molecule has 0 aliphatic carbocycles. The molecule has 49 heavy (non-hydrogen) atoms. The Bertz CT molecular complexity index is 2110. The minimum Gasteiger partial charge on any atom is -0.321 e. The predicted octanol–water partition coefficient (Wildman–Crippen LogP) is 8.69. The second kappa shape index (κ2) is 16.2. The summed E-state index contributed by atoms with van der Waals surface area (Å²) in [7, 11) is 0. The molecule has 0 aliphatic rings. The van der Waals surface area contributed by atoms with Crippen LogP contribution in [0.5, 0.6) is 0 Å². The van der Waals surface area contributed by atoms with Crippen LogP contribution in [0.25, 0.3) is 16.8 Å². The van der Waals surface area contributed by atoms with E-state index < -0.39 is 17.1 Å². The molecule has 244 valence electrons. The van der Waals surface area contributed by atoms with Gasteiger partial charge >= 0.3 is 0 Å². The Hall–Kier alpha value is -5.23. The fourth-order valence-electron chi connectivity index (χ4n) is 4.98. The highest BCUT2D eigenvalue weighted by molar-refractivity contribution is 8.00. The molecule has 0 bridgehead atoms. The maximum Gasteiger partial charge on any atom is 0.272 e. The van der Waals surface area contributed by atoms with Crippen LogP contribution >= 0.6 is 35.1 Å². The number of rotatable bonds is 12. The summed E-state index contributed by atoms with van der Waals surface area (Å²) in [4.78, 5) is 45.9. The van der Waals surface area contributed by atoms with Crippen molar-refractivity contribution in [1.29, 1.82) is 0 Å². The van der Waals surface area contributed by atoms with Gasteiger partial charge in [-0.15, -0.1) is 11.8 Å². The molecule has 11 heteroatoms. The van der Waals surface area contributed by atoms with Gasteiger partial charge in [0.25, 0.3) is 11.8 Å². The van der Waals surface area contributed by atoms with Gasteiger partial charge in [0.15, 0.2) is 0 Å². The van der Waals surface area contributed by atoms with E-state index >= 15 is 0 Å². The smallest absolute Gasteiger partial charge is 0.272 e. The van der Waals surface area contributed by atoms with Crippen molar-refractivity contribution in [2.45, 2.75) is 22.2 Å². The Kier molecular flexibility index (Phi) is 11.2. The topological polar surface area (TPSA) is 113 Å². The number of nitrogens with zero attached hydrogens (tertiary/aromatic N) is 2. The van der Waals surface area contributed by atoms with E-state index in [9.17, 15) is 14.4 Å². The lowest BCUT2D eigenvalue weighted by molar-refractivity contribution is -0.116. The van der Waals surface area contributed by atoms with Crippen LogP contribution in [0.4, 0.5) is 10.8 Å². The molecule has 8 nitrogen and oxygen atoms in total. The zero-order valence-electron chi connectivity index (χ0n) is 26.3. The number of thioether (sulfide) groups is 2. The van der Waals surface area contributed by atoms with E-state index in [1.165, 1.54) is 23.5 Å². The maximum atomic E-state index is 13.9. The summed E-state index contributed by atoms with van der Waals surface area (Å²) >= 11 is 4.01. The summed E-state index contributed by atoms with van der Waals surface area (Å²) < 4.78 is 4.31. The lowest BCUT2D eigenvalue weighted by Crippen LogP contribution is -2.30. The van der Waals surface area contributed by atoms with Gasteiger partial charge in [-0.1, -0.05) is 116 Å². The highest BCUT2D eigenvalue weighted by atomic mass is 32.2. The molecule has 0 saturated carbocycles. The number of nitrogens with one attached hydrogen (secondary N) is 3.